The highest BCUT2D eigenvalue weighted by Crippen LogP contribution is 1.97. The molecule has 62 valence electrons. The quantitative estimate of drug-likeness (QED) is 0.417. The number of rotatable bonds is 2. The van der Waals surface area contributed by atoms with Crippen LogP contribution in [0.1, 0.15) is 6.42 Å². The number of guanidine groups is 1. The summed E-state index contributed by atoms with van der Waals surface area (Å²) in [5, 5.41) is 0. The number of carbonyl (C=O) groups excluding carboxylic acids is 1. The van der Waals surface area contributed by atoms with Crippen LogP contribution < -0.4 is 16.6 Å². The average molecular weight is 158 g/mol. The summed E-state index contributed by atoms with van der Waals surface area (Å²) < 4.78 is 4.43. The van der Waals surface area contributed by atoms with Crippen molar-refractivity contribution in [2.75, 3.05) is 7.11 Å². The molecule has 6 heteroatoms. The van der Waals surface area contributed by atoms with Gasteiger partial charge in [-0.15, -0.1) is 0 Å². The number of hydrazine groups is 1. The van der Waals surface area contributed by atoms with Crippen LogP contribution in [0.2, 0.25) is 0 Å². The van der Waals surface area contributed by atoms with E-state index in [-0.39, 0.29) is 18.6 Å². The Morgan fingerprint density at radius 2 is 2.64 bits per heavy atom. The molecule has 0 bridgehead atoms. The Labute approximate surface area is 63.8 Å². The number of nitrogens with one attached hydrogen (secondary N) is 2. The lowest BCUT2D eigenvalue weighted by Gasteiger charge is -2.03. The molecule has 4 N–H and O–H groups in total. The number of aliphatic imine (C=N–C) groups is 1. The highest BCUT2D eigenvalue weighted by molar-refractivity contribution is 5.79. The summed E-state index contributed by atoms with van der Waals surface area (Å²) in [6.45, 7) is 0. The third-order valence-corrected chi connectivity index (χ3v) is 1.25. The number of nitrogens with two attached hydrogens (primary N) is 1. The molecule has 1 heterocycles. The Kier molecular flexibility index (Phi) is 2.27. The monoisotopic (exact) mass is 158 g/mol. The van der Waals surface area contributed by atoms with Crippen LogP contribution in [0.5, 0.6) is 0 Å². The number of hydrogen-bond acceptors (Lipinski definition) is 6. The van der Waals surface area contributed by atoms with E-state index in [0.29, 0.717) is 5.96 Å². The van der Waals surface area contributed by atoms with Gasteiger partial charge in [0.15, 0.2) is 0 Å². The second-order valence-electron chi connectivity index (χ2n) is 2.08. The van der Waals surface area contributed by atoms with Crippen LogP contribution in [0.15, 0.2) is 4.99 Å². The second kappa shape index (κ2) is 3.20. The van der Waals surface area contributed by atoms with Gasteiger partial charge in [-0.2, -0.15) is 0 Å². The first kappa shape index (κ1) is 7.80. The molecule has 0 saturated heterocycles. The summed E-state index contributed by atoms with van der Waals surface area (Å²) in [7, 11) is 1.33. The van der Waals surface area contributed by atoms with Crippen molar-refractivity contribution in [3.8, 4) is 0 Å². The molecule has 0 aliphatic carbocycles. The van der Waals surface area contributed by atoms with E-state index in [0.717, 1.165) is 0 Å². The molecule has 0 aromatic heterocycles. The molecule has 1 atom stereocenters. The zero-order valence-electron chi connectivity index (χ0n) is 6.13. The van der Waals surface area contributed by atoms with Crippen molar-refractivity contribution in [3.63, 3.8) is 0 Å². The summed E-state index contributed by atoms with van der Waals surface area (Å²) in [6, 6.07) is 0. The molecule has 0 fully saturated rings. The summed E-state index contributed by atoms with van der Waals surface area (Å²) >= 11 is 0. The molecule has 0 radical (unpaired) electrons. The lowest BCUT2D eigenvalue weighted by Crippen LogP contribution is -2.38. The Balaban J connectivity index is 2.34. The number of ether oxygens (including phenoxy) is 1. The standard InChI is InChI=1S/C5H10N4O2/c1-11-4(10)2-3-7-5(6)9-8-3/h3,8H,2H2,1H3,(H3,6,7,9). The first-order chi connectivity index (χ1) is 5.22. The minimum atomic E-state index is -0.317. The summed E-state index contributed by atoms with van der Waals surface area (Å²) in [5.74, 6) is -0.0262. The largest absolute Gasteiger partial charge is 0.469 e. The summed E-state index contributed by atoms with van der Waals surface area (Å²) in [5.41, 5.74) is 10.5. The Morgan fingerprint density at radius 1 is 1.91 bits per heavy atom. The molecule has 6 nitrogen and oxygen atoms in total. The van der Waals surface area contributed by atoms with E-state index in [1.165, 1.54) is 7.11 Å². The second-order valence-corrected chi connectivity index (χ2v) is 2.08. The third-order valence-electron chi connectivity index (χ3n) is 1.25. The normalized spacial score (nSPS) is 22.3. The van der Waals surface area contributed by atoms with Gasteiger partial charge in [0, 0.05) is 0 Å². The molecule has 0 spiro atoms. The lowest BCUT2D eigenvalue weighted by atomic mass is 10.4. The predicted octanol–water partition coefficient (Wildman–Crippen LogP) is -1.70. The Bertz CT molecular complexity index is 191. The number of methoxy groups -OCH3 is 1. The zero-order chi connectivity index (χ0) is 8.27. The van der Waals surface area contributed by atoms with E-state index in [1.807, 2.05) is 0 Å². The molecular formula is C5H10N4O2. The van der Waals surface area contributed by atoms with Crippen LogP contribution >= 0.6 is 0 Å². The summed E-state index contributed by atoms with van der Waals surface area (Å²) in [6.07, 6.45) is -0.119. The van der Waals surface area contributed by atoms with Crippen molar-refractivity contribution >= 4 is 11.9 Å². The fourth-order valence-corrected chi connectivity index (χ4v) is 0.728. The molecule has 0 aromatic carbocycles. The van der Waals surface area contributed by atoms with Gasteiger partial charge < -0.3 is 10.5 Å². The minimum Gasteiger partial charge on any atom is -0.469 e. The van der Waals surface area contributed by atoms with E-state index in [4.69, 9.17) is 5.73 Å². The van der Waals surface area contributed by atoms with Gasteiger partial charge in [-0.3, -0.25) is 10.2 Å². The summed E-state index contributed by atoms with van der Waals surface area (Å²) in [4.78, 5) is 14.5. The van der Waals surface area contributed by atoms with Crippen molar-refractivity contribution in [2.45, 2.75) is 12.6 Å². The number of esters is 1. The molecule has 0 aromatic rings. The maximum Gasteiger partial charge on any atom is 0.309 e. The van der Waals surface area contributed by atoms with Gasteiger partial charge in [0.05, 0.1) is 13.5 Å². The number of nitrogens with zero attached hydrogens (tertiary/aromatic N) is 1. The van der Waals surface area contributed by atoms with Gasteiger partial charge in [0.2, 0.25) is 5.96 Å². The number of hydrogen-bond donors (Lipinski definition) is 3. The fraction of sp³-hybridized carbons (Fsp3) is 0.600. The van der Waals surface area contributed by atoms with Crippen LogP contribution in [0, 0.1) is 0 Å². The smallest absolute Gasteiger partial charge is 0.309 e. The Hall–Kier alpha value is -1.30. The molecule has 1 rings (SSSR count). The van der Waals surface area contributed by atoms with Crippen molar-refractivity contribution in [1.82, 2.24) is 10.9 Å². The molecule has 0 saturated carbocycles. The van der Waals surface area contributed by atoms with E-state index >= 15 is 0 Å². The first-order valence-electron chi connectivity index (χ1n) is 3.14. The zero-order valence-corrected chi connectivity index (χ0v) is 6.13. The van der Waals surface area contributed by atoms with Crippen molar-refractivity contribution in [1.29, 1.82) is 0 Å². The molecule has 11 heavy (non-hydrogen) atoms. The van der Waals surface area contributed by atoms with Crippen LogP contribution in [-0.4, -0.2) is 25.2 Å². The highest BCUT2D eigenvalue weighted by Gasteiger charge is 2.17. The van der Waals surface area contributed by atoms with Gasteiger partial charge in [-0.05, 0) is 0 Å². The number of carbonyl (C=O) groups is 1. The SMILES string of the molecule is COC(=O)CC1N=C(N)NN1. The van der Waals surface area contributed by atoms with Crippen LogP contribution in [0.25, 0.3) is 0 Å². The van der Waals surface area contributed by atoms with Crippen LogP contribution in [0.4, 0.5) is 0 Å². The van der Waals surface area contributed by atoms with Crippen molar-refractivity contribution < 1.29 is 9.53 Å². The van der Waals surface area contributed by atoms with E-state index in [9.17, 15) is 4.79 Å². The third kappa shape index (κ3) is 2.08. The van der Waals surface area contributed by atoms with Gasteiger partial charge in [0.25, 0.3) is 0 Å². The molecule has 0 amide bonds. The van der Waals surface area contributed by atoms with Crippen LogP contribution in [0.3, 0.4) is 0 Å². The minimum absolute atomic E-state index is 0.185. The Morgan fingerprint density at radius 3 is 3.09 bits per heavy atom. The van der Waals surface area contributed by atoms with Gasteiger partial charge >= 0.3 is 5.97 Å². The topological polar surface area (TPSA) is 88.7 Å². The van der Waals surface area contributed by atoms with Gasteiger partial charge in [-0.25, -0.2) is 10.4 Å². The maximum atomic E-state index is 10.7. The van der Waals surface area contributed by atoms with Crippen molar-refractivity contribution in [3.05, 3.63) is 0 Å². The van der Waals surface area contributed by atoms with E-state index in [2.05, 4.69) is 20.6 Å². The van der Waals surface area contributed by atoms with E-state index < -0.39 is 0 Å². The highest BCUT2D eigenvalue weighted by atomic mass is 16.5. The first-order valence-corrected chi connectivity index (χ1v) is 3.14. The molecule has 1 unspecified atom stereocenters. The maximum absolute atomic E-state index is 10.7. The van der Waals surface area contributed by atoms with Crippen LogP contribution in [-0.2, 0) is 9.53 Å². The van der Waals surface area contributed by atoms with Gasteiger partial charge in [-0.1, -0.05) is 0 Å². The molecule has 1 aliphatic rings. The molecule has 1 aliphatic heterocycles. The van der Waals surface area contributed by atoms with Gasteiger partial charge in [0.1, 0.15) is 6.17 Å². The lowest BCUT2D eigenvalue weighted by molar-refractivity contribution is -0.141. The average Bonchev–Trinajstić information content (AvgIpc) is 2.35. The van der Waals surface area contributed by atoms with Crippen molar-refractivity contribution in [2.24, 2.45) is 10.7 Å². The predicted molar refractivity (Wildman–Crippen MR) is 38.3 cm³/mol. The molecular weight excluding hydrogens is 148 g/mol. The fourth-order valence-electron chi connectivity index (χ4n) is 0.728. The van der Waals surface area contributed by atoms with E-state index in [1.54, 1.807) is 0 Å².